The molecule has 1 saturated carbocycles. The second-order valence-corrected chi connectivity index (χ2v) is 6.37. The summed E-state index contributed by atoms with van der Waals surface area (Å²) in [7, 11) is 0. The number of nitrogens with one attached hydrogen (secondary N) is 1. The molecule has 1 aromatic rings. The van der Waals surface area contributed by atoms with Crippen molar-refractivity contribution >= 4 is 11.9 Å². The lowest BCUT2D eigenvalue weighted by Crippen LogP contribution is -2.53. The van der Waals surface area contributed by atoms with E-state index < -0.39 is 29.3 Å². The number of benzene rings is 1. The zero-order chi connectivity index (χ0) is 17.7. The Labute approximate surface area is 141 Å². The molecule has 0 bridgehead atoms. The molecule has 0 spiro atoms. The SMILES string of the molecule is CCC(OC1CCCC1)C(=O)NC(C)(C(=O)O)c1ccc(F)cc1. The van der Waals surface area contributed by atoms with Crippen molar-refractivity contribution in [2.45, 2.75) is 63.7 Å². The molecule has 0 aromatic heterocycles. The molecule has 1 amide bonds. The van der Waals surface area contributed by atoms with Crippen molar-refractivity contribution in [3.05, 3.63) is 35.6 Å². The molecule has 6 heteroatoms. The summed E-state index contributed by atoms with van der Waals surface area (Å²) < 4.78 is 18.9. The van der Waals surface area contributed by atoms with Gasteiger partial charge in [-0.3, -0.25) is 4.79 Å². The Bertz CT molecular complexity index is 583. The Morgan fingerprint density at radius 2 is 1.92 bits per heavy atom. The molecule has 5 nitrogen and oxygen atoms in total. The lowest BCUT2D eigenvalue weighted by atomic mass is 9.91. The van der Waals surface area contributed by atoms with Crippen LogP contribution < -0.4 is 5.32 Å². The Hall–Kier alpha value is -1.95. The van der Waals surface area contributed by atoms with Gasteiger partial charge in [0.1, 0.15) is 11.9 Å². The van der Waals surface area contributed by atoms with E-state index in [9.17, 15) is 19.1 Å². The molecule has 1 aromatic carbocycles. The van der Waals surface area contributed by atoms with E-state index in [1.165, 1.54) is 31.2 Å². The van der Waals surface area contributed by atoms with Crippen LogP contribution in [0.3, 0.4) is 0 Å². The third-order valence-corrected chi connectivity index (χ3v) is 4.54. The van der Waals surface area contributed by atoms with Crippen molar-refractivity contribution in [3.63, 3.8) is 0 Å². The minimum atomic E-state index is -1.64. The topological polar surface area (TPSA) is 75.6 Å². The molecule has 2 rings (SSSR count). The van der Waals surface area contributed by atoms with Gasteiger partial charge in [-0.1, -0.05) is 31.9 Å². The lowest BCUT2D eigenvalue weighted by Gasteiger charge is -2.29. The third kappa shape index (κ3) is 4.12. The molecule has 1 fully saturated rings. The van der Waals surface area contributed by atoms with E-state index in [1.54, 1.807) is 0 Å². The van der Waals surface area contributed by atoms with Crippen molar-refractivity contribution in [1.82, 2.24) is 5.32 Å². The van der Waals surface area contributed by atoms with Gasteiger partial charge < -0.3 is 15.2 Å². The molecule has 0 saturated heterocycles. The van der Waals surface area contributed by atoms with Crippen molar-refractivity contribution in [1.29, 1.82) is 0 Å². The van der Waals surface area contributed by atoms with Crippen molar-refractivity contribution < 1.29 is 23.8 Å². The molecular weight excluding hydrogens is 313 g/mol. The number of ether oxygens (including phenoxy) is 1. The molecule has 132 valence electrons. The van der Waals surface area contributed by atoms with E-state index in [1.807, 2.05) is 6.92 Å². The van der Waals surface area contributed by atoms with Gasteiger partial charge in [0.25, 0.3) is 0 Å². The highest BCUT2D eigenvalue weighted by Gasteiger charge is 2.39. The summed E-state index contributed by atoms with van der Waals surface area (Å²) in [4.78, 5) is 24.3. The van der Waals surface area contributed by atoms with Gasteiger partial charge in [-0.15, -0.1) is 0 Å². The van der Waals surface area contributed by atoms with E-state index in [0.29, 0.717) is 12.0 Å². The number of rotatable bonds is 7. The summed E-state index contributed by atoms with van der Waals surface area (Å²) >= 11 is 0. The first-order chi connectivity index (χ1) is 11.4. The fourth-order valence-corrected chi connectivity index (χ4v) is 2.96. The number of carboxylic acid groups (broad SMARTS) is 1. The van der Waals surface area contributed by atoms with E-state index in [4.69, 9.17) is 4.74 Å². The number of halogens is 1. The molecule has 24 heavy (non-hydrogen) atoms. The van der Waals surface area contributed by atoms with Gasteiger partial charge in [0.05, 0.1) is 6.10 Å². The monoisotopic (exact) mass is 337 g/mol. The Morgan fingerprint density at radius 1 is 1.33 bits per heavy atom. The van der Waals surface area contributed by atoms with Crippen LogP contribution in [0.15, 0.2) is 24.3 Å². The van der Waals surface area contributed by atoms with E-state index in [2.05, 4.69) is 5.32 Å². The van der Waals surface area contributed by atoms with Gasteiger partial charge in [-0.05, 0) is 43.9 Å². The number of carbonyl (C=O) groups excluding carboxylic acids is 1. The fraction of sp³-hybridized carbons (Fsp3) is 0.556. The van der Waals surface area contributed by atoms with Gasteiger partial charge in [0.15, 0.2) is 5.54 Å². The summed E-state index contributed by atoms with van der Waals surface area (Å²) in [5.41, 5.74) is -1.34. The number of carboxylic acids is 1. The van der Waals surface area contributed by atoms with Crippen LogP contribution in [0, 0.1) is 5.82 Å². The van der Waals surface area contributed by atoms with Crippen LogP contribution in [0.4, 0.5) is 4.39 Å². The minimum absolute atomic E-state index is 0.0580. The van der Waals surface area contributed by atoms with Crippen LogP contribution >= 0.6 is 0 Å². The normalized spacial score (nSPS) is 18.8. The highest BCUT2D eigenvalue weighted by atomic mass is 19.1. The minimum Gasteiger partial charge on any atom is -0.479 e. The number of aliphatic carboxylic acids is 1. The first-order valence-corrected chi connectivity index (χ1v) is 8.33. The summed E-state index contributed by atoms with van der Waals surface area (Å²) in [5.74, 6) is -2.13. The number of hydrogen-bond donors (Lipinski definition) is 2. The number of hydrogen-bond acceptors (Lipinski definition) is 3. The third-order valence-electron chi connectivity index (χ3n) is 4.54. The summed E-state index contributed by atoms with van der Waals surface area (Å²) in [5, 5.41) is 12.2. The van der Waals surface area contributed by atoms with Crippen molar-refractivity contribution in [2.24, 2.45) is 0 Å². The molecule has 2 atom stereocenters. The quantitative estimate of drug-likeness (QED) is 0.802. The molecule has 0 heterocycles. The summed E-state index contributed by atoms with van der Waals surface area (Å²) in [6.07, 6.45) is 3.86. The van der Waals surface area contributed by atoms with Gasteiger partial charge >= 0.3 is 5.97 Å². The molecule has 0 radical (unpaired) electrons. The predicted octanol–water partition coefficient (Wildman–Crippen LogP) is 2.98. The second-order valence-electron chi connectivity index (χ2n) is 6.37. The molecule has 2 N–H and O–H groups in total. The van der Waals surface area contributed by atoms with Crippen LogP contribution in [-0.4, -0.2) is 29.2 Å². The van der Waals surface area contributed by atoms with Crippen LogP contribution in [0.5, 0.6) is 0 Å². The molecular formula is C18H24FNO4. The van der Waals surface area contributed by atoms with Crippen LogP contribution in [0.1, 0.15) is 51.5 Å². The highest BCUT2D eigenvalue weighted by Crippen LogP contribution is 2.25. The average molecular weight is 337 g/mol. The maximum atomic E-state index is 13.1. The smallest absolute Gasteiger partial charge is 0.333 e. The zero-order valence-corrected chi connectivity index (χ0v) is 14.0. The van der Waals surface area contributed by atoms with Crippen LogP contribution in [0.2, 0.25) is 0 Å². The van der Waals surface area contributed by atoms with E-state index >= 15 is 0 Å². The van der Waals surface area contributed by atoms with Crippen molar-refractivity contribution in [2.75, 3.05) is 0 Å². The average Bonchev–Trinajstić information content (AvgIpc) is 3.05. The second kappa shape index (κ2) is 7.75. The first kappa shape index (κ1) is 18.4. The largest absolute Gasteiger partial charge is 0.479 e. The lowest BCUT2D eigenvalue weighted by molar-refractivity contribution is -0.151. The Morgan fingerprint density at radius 3 is 2.42 bits per heavy atom. The maximum Gasteiger partial charge on any atom is 0.333 e. The standard InChI is InChI=1S/C18H24FNO4/c1-3-15(24-14-6-4-5-7-14)16(21)20-18(2,17(22)23)12-8-10-13(19)11-9-12/h8-11,14-15H,3-7H2,1-2H3,(H,20,21)(H,22,23). The number of carbonyl (C=O) groups is 2. The van der Waals surface area contributed by atoms with Crippen LogP contribution in [-0.2, 0) is 19.9 Å². The van der Waals surface area contributed by atoms with E-state index in [-0.39, 0.29) is 6.10 Å². The van der Waals surface area contributed by atoms with Gasteiger partial charge in [-0.2, -0.15) is 0 Å². The summed E-state index contributed by atoms with van der Waals surface area (Å²) in [6.45, 7) is 3.22. The molecule has 1 aliphatic rings. The zero-order valence-electron chi connectivity index (χ0n) is 14.0. The molecule has 2 unspecified atom stereocenters. The highest BCUT2D eigenvalue weighted by molar-refractivity contribution is 5.89. The van der Waals surface area contributed by atoms with Crippen LogP contribution in [0.25, 0.3) is 0 Å². The maximum absolute atomic E-state index is 13.1. The van der Waals surface area contributed by atoms with Gasteiger partial charge in [-0.25, -0.2) is 9.18 Å². The van der Waals surface area contributed by atoms with Crippen molar-refractivity contribution in [3.8, 4) is 0 Å². The van der Waals surface area contributed by atoms with Gasteiger partial charge in [0, 0.05) is 0 Å². The fourth-order valence-electron chi connectivity index (χ4n) is 2.96. The van der Waals surface area contributed by atoms with Gasteiger partial charge in [0.2, 0.25) is 5.91 Å². The number of amides is 1. The molecule has 0 aliphatic heterocycles. The molecule has 1 aliphatic carbocycles. The van der Waals surface area contributed by atoms with E-state index in [0.717, 1.165) is 25.7 Å². The first-order valence-electron chi connectivity index (χ1n) is 8.33. The Balaban J connectivity index is 2.14. The summed E-state index contributed by atoms with van der Waals surface area (Å²) in [6, 6.07) is 5.08. The Kier molecular flexibility index (Phi) is 5.94. The predicted molar refractivity (Wildman–Crippen MR) is 87.0 cm³/mol.